The molecule has 0 saturated carbocycles. The summed E-state index contributed by atoms with van der Waals surface area (Å²) in [5, 5.41) is 8.74. The number of carbonyl (C=O) groups excluding carboxylic acids is 1. The number of carbonyl (C=O) groups is 1. The van der Waals surface area contributed by atoms with Crippen LogP contribution in [0.15, 0.2) is 59.8 Å². The lowest BCUT2D eigenvalue weighted by atomic mass is 10.2. The van der Waals surface area contributed by atoms with Crippen LogP contribution in [0.25, 0.3) is 0 Å². The second kappa shape index (κ2) is 9.21. The molecule has 1 atom stereocenters. The van der Waals surface area contributed by atoms with Gasteiger partial charge in [0.2, 0.25) is 11.7 Å². The van der Waals surface area contributed by atoms with Gasteiger partial charge in [-0.15, -0.1) is 10.2 Å². The van der Waals surface area contributed by atoms with E-state index in [4.69, 9.17) is 4.74 Å². The quantitative estimate of drug-likeness (QED) is 0.551. The highest BCUT2D eigenvalue weighted by Crippen LogP contribution is 2.31. The van der Waals surface area contributed by atoms with E-state index in [0.717, 1.165) is 21.9 Å². The van der Waals surface area contributed by atoms with E-state index < -0.39 is 17.3 Å². The number of rotatable bonds is 7. The van der Waals surface area contributed by atoms with Gasteiger partial charge in [0.05, 0.1) is 5.25 Å². The topological polar surface area (TPSA) is 69.0 Å². The van der Waals surface area contributed by atoms with Gasteiger partial charge in [-0.05, 0) is 36.8 Å². The minimum absolute atomic E-state index is 0.00892. The molecule has 1 heterocycles. The zero-order valence-corrected chi connectivity index (χ0v) is 17.0. The van der Waals surface area contributed by atoms with E-state index in [1.54, 1.807) is 31.2 Å². The molecule has 1 aromatic heterocycles. The third-order valence-electron chi connectivity index (χ3n) is 4.11. The van der Waals surface area contributed by atoms with Gasteiger partial charge in [0, 0.05) is 12.7 Å². The van der Waals surface area contributed by atoms with E-state index in [1.807, 2.05) is 30.3 Å². The van der Waals surface area contributed by atoms with Crippen LogP contribution in [0.5, 0.6) is 5.75 Å². The van der Waals surface area contributed by atoms with Crippen LogP contribution in [-0.2, 0) is 24.6 Å². The van der Waals surface area contributed by atoms with E-state index in [9.17, 15) is 18.0 Å². The van der Waals surface area contributed by atoms with Gasteiger partial charge in [-0.25, -0.2) is 0 Å². The first kappa shape index (κ1) is 21.7. The Morgan fingerprint density at radius 1 is 1.13 bits per heavy atom. The summed E-state index contributed by atoms with van der Waals surface area (Å²) < 4.78 is 44.9. The third kappa shape index (κ3) is 5.53. The molecular formula is C20H19F3N4O2S. The van der Waals surface area contributed by atoms with Crippen LogP contribution in [0.4, 0.5) is 18.9 Å². The summed E-state index contributed by atoms with van der Waals surface area (Å²) in [7, 11) is 1.21. The summed E-state index contributed by atoms with van der Waals surface area (Å²) in [6.45, 7) is 2.01. The van der Waals surface area contributed by atoms with Gasteiger partial charge < -0.3 is 14.6 Å². The van der Waals surface area contributed by atoms with Crippen LogP contribution in [0, 0.1) is 0 Å². The molecule has 6 nitrogen and oxygen atoms in total. The summed E-state index contributed by atoms with van der Waals surface area (Å²) >= 11 is 0.896. The van der Waals surface area contributed by atoms with Crippen molar-refractivity contribution in [1.29, 1.82) is 0 Å². The lowest BCUT2D eigenvalue weighted by Gasteiger charge is -2.13. The molecule has 30 heavy (non-hydrogen) atoms. The summed E-state index contributed by atoms with van der Waals surface area (Å²) in [6, 6.07) is 16.6. The van der Waals surface area contributed by atoms with E-state index in [0.29, 0.717) is 18.0 Å². The van der Waals surface area contributed by atoms with Gasteiger partial charge in [0.15, 0.2) is 5.16 Å². The van der Waals surface area contributed by atoms with Crippen LogP contribution >= 0.6 is 11.8 Å². The molecule has 0 aliphatic rings. The van der Waals surface area contributed by atoms with Crippen LogP contribution in [0.2, 0.25) is 0 Å². The lowest BCUT2D eigenvalue weighted by Crippen LogP contribution is -2.23. The van der Waals surface area contributed by atoms with E-state index in [-0.39, 0.29) is 11.1 Å². The SMILES string of the molecule is C[C@@H](Sc1nnc(C(F)(F)F)n1C)C(=O)Nc1ccc(OCc2ccccc2)cc1. The minimum Gasteiger partial charge on any atom is -0.489 e. The van der Waals surface area contributed by atoms with Crippen molar-refractivity contribution in [2.45, 2.75) is 30.1 Å². The van der Waals surface area contributed by atoms with Gasteiger partial charge in [0.25, 0.3) is 0 Å². The Kier molecular flexibility index (Phi) is 6.66. The van der Waals surface area contributed by atoms with Crippen molar-refractivity contribution in [3.8, 4) is 5.75 Å². The van der Waals surface area contributed by atoms with Gasteiger partial charge >= 0.3 is 6.18 Å². The summed E-state index contributed by atoms with van der Waals surface area (Å²) in [4.78, 5) is 12.4. The molecular weight excluding hydrogens is 417 g/mol. The molecule has 0 aliphatic carbocycles. The van der Waals surface area contributed by atoms with Crippen molar-refractivity contribution in [2.24, 2.45) is 7.05 Å². The highest BCUT2D eigenvalue weighted by atomic mass is 32.2. The van der Waals surface area contributed by atoms with Crippen LogP contribution in [0.1, 0.15) is 18.3 Å². The molecule has 0 fully saturated rings. The van der Waals surface area contributed by atoms with Gasteiger partial charge in [-0.2, -0.15) is 13.2 Å². The molecule has 0 bridgehead atoms. The minimum atomic E-state index is -4.60. The zero-order chi connectivity index (χ0) is 21.7. The standard InChI is InChI=1S/C20H19F3N4O2S/c1-13(30-19-26-25-18(27(19)2)20(21,22)23)17(28)24-15-8-10-16(11-9-15)29-12-14-6-4-3-5-7-14/h3-11,13H,12H2,1-2H3,(H,24,28)/t13-/m1/s1. The Bertz CT molecular complexity index is 992. The maximum atomic E-state index is 12.8. The number of aromatic nitrogens is 3. The fourth-order valence-electron chi connectivity index (χ4n) is 2.50. The Morgan fingerprint density at radius 3 is 2.40 bits per heavy atom. The van der Waals surface area contributed by atoms with Crippen LogP contribution in [0.3, 0.4) is 0 Å². The molecule has 0 spiro atoms. The smallest absolute Gasteiger partial charge is 0.451 e. The van der Waals surface area contributed by atoms with Crippen molar-refractivity contribution < 1.29 is 22.7 Å². The number of anilines is 1. The Hall–Kier alpha value is -3.01. The number of ether oxygens (including phenoxy) is 1. The summed E-state index contributed by atoms with van der Waals surface area (Å²) in [6.07, 6.45) is -4.60. The first-order valence-electron chi connectivity index (χ1n) is 8.95. The maximum Gasteiger partial charge on any atom is 0.451 e. The van der Waals surface area contributed by atoms with Crippen molar-refractivity contribution in [3.05, 3.63) is 66.0 Å². The summed E-state index contributed by atoms with van der Waals surface area (Å²) in [5.74, 6) is -0.823. The van der Waals surface area contributed by atoms with Crippen molar-refractivity contribution in [3.63, 3.8) is 0 Å². The van der Waals surface area contributed by atoms with Crippen LogP contribution < -0.4 is 10.1 Å². The second-order valence-corrected chi connectivity index (χ2v) is 7.72. The molecule has 1 amide bonds. The monoisotopic (exact) mass is 436 g/mol. The zero-order valence-electron chi connectivity index (χ0n) is 16.2. The molecule has 3 aromatic rings. The van der Waals surface area contributed by atoms with Crippen LogP contribution in [-0.4, -0.2) is 25.9 Å². The fourth-order valence-corrected chi connectivity index (χ4v) is 3.31. The molecule has 0 radical (unpaired) electrons. The molecule has 2 aromatic carbocycles. The number of amides is 1. The Balaban J connectivity index is 1.54. The first-order chi connectivity index (χ1) is 14.2. The van der Waals surface area contributed by atoms with Gasteiger partial charge in [0.1, 0.15) is 12.4 Å². The third-order valence-corrected chi connectivity index (χ3v) is 5.24. The number of hydrogen-bond donors (Lipinski definition) is 1. The predicted molar refractivity (Wildman–Crippen MR) is 107 cm³/mol. The largest absolute Gasteiger partial charge is 0.489 e. The first-order valence-corrected chi connectivity index (χ1v) is 9.83. The predicted octanol–water partition coefficient (Wildman–Crippen LogP) is 4.53. The summed E-state index contributed by atoms with van der Waals surface area (Å²) in [5.41, 5.74) is 1.59. The van der Waals surface area contributed by atoms with E-state index >= 15 is 0 Å². The Labute approximate surface area is 175 Å². The van der Waals surface area contributed by atoms with E-state index in [1.165, 1.54) is 7.05 Å². The fraction of sp³-hybridized carbons (Fsp3) is 0.250. The Morgan fingerprint density at radius 2 is 1.80 bits per heavy atom. The van der Waals surface area contributed by atoms with Gasteiger partial charge in [-0.3, -0.25) is 4.79 Å². The number of nitrogens with one attached hydrogen (secondary N) is 1. The van der Waals surface area contributed by atoms with E-state index in [2.05, 4.69) is 15.5 Å². The normalized spacial score (nSPS) is 12.4. The molecule has 10 heteroatoms. The average Bonchev–Trinajstić information content (AvgIpc) is 3.09. The number of nitrogens with zero attached hydrogens (tertiary/aromatic N) is 3. The van der Waals surface area contributed by atoms with Crippen molar-refractivity contribution in [1.82, 2.24) is 14.8 Å². The highest BCUT2D eigenvalue weighted by molar-refractivity contribution is 8.00. The number of alkyl halides is 3. The average molecular weight is 436 g/mol. The molecule has 0 unspecified atom stereocenters. The second-order valence-electron chi connectivity index (χ2n) is 6.41. The maximum absolute atomic E-state index is 12.8. The molecule has 0 saturated heterocycles. The number of benzene rings is 2. The highest BCUT2D eigenvalue weighted by Gasteiger charge is 2.37. The van der Waals surface area contributed by atoms with Crippen molar-refractivity contribution in [2.75, 3.05) is 5.32 Å². The molecule has 3 rings (SSSR count). The van der Waals surface area contributed by atoms with Gasteiger partial charge in [-0.1, -0.05) is 42.1 Å². The number of hydrogen-bond acceptors (Lipinski definition) is 5. The number of thioether (sulfide) groups is 1. The number of halogens is 3. The molecule has 1 N–H and O–H groups in total. The van der Waals surface area contributed by atoms with Crippen molar-refractivity contribution >= 4 is 23.4 Å². The molecule has 158 valence electrons. The molecule has 0 aliphatic heterocycles. The lowest BCUT2D eigenvalue weighted by molar-refractivity contribution is -0.147.